The fourth-order valence-corrected chi connectivity index (χ4v) is 2.49. The lowest BCUT2D eigenvalue weighted by molar-refractivity contribution is 1.05. The molecule has 0 unspecified atom stereocenters. The Labute approximate surface area is 90.6 Å². The van der Waals surface area contributed by atoms with Crippen LogP contribution >= 0.6 is 0 Å². The Balaban J connectivity index is 2.10. The van der Waals surface area contributed by atoms with Gasteiger partial charge in [-0.25, -0.2) is 0 Å². The molecule has 0 heteroatoms. The number of benzene rings is 1. The summed E-state index contributed by atoms with van der Waals surface area (Å²) in [5, 5.41) is 0. The molecule has 0 nitrogen and oxygen atoms in total. The molecule has 0 aromatic heterocycles. The summed E-state index contributed by atoms with van der Waals surface area (Å²) in [6.07, 6.45) is 10.4. The molecule has 0 bridgehead atoms. The fourth-order valence-electron chi connectivity index (χ4n) is 2.49. The van der Waals surface area contributed by atoms with Crippen molar-refractivity contribution >= 4 is 5.57 Å². The second-order valence-corrected chi connectivity index (χ2v) is 4.13. The second kappa shape index (κ2) is 3.54. The van der Waals surface area contributed by atoms with E-state index in [2.05, 4.69) is 48.6 Å². The van der Waals surface area contributed by atoms with E-state index < -0.39 is 0 Å². The van der Waals surface area contributed by atoms with Crippen LogP contribution in [-0.4, -0.2) is 0 Å². The third-order valence-corrected chi connectivity index (χ3v) is 3.21. The summed E-state index contributed by atoms with van der Waals surface area (Å²) in [7, 11) is 0. The smallest absolute Gasteiger partial charge is 0.00852 e. The van der Waals surface area contributed by atoms with E-state index >= 15 is 0 Å². The molecule has 0 spiro atoms. The molecule has 0 saturated heterocycles. The summed E-state index contributed by atoms with van der Waals surface area (Å²) >= 11 is 0. The maximum absolute atomic E-state index is 2.36. The average Bonchev–Trinajstić information content (AvgIpc) is 2.78. The van der Waals surface area contributed by atoms with Gasteiger partial charge in [-0.3, -0.25) is 0 Å². The van der Waals surface area contributed by atoms with E-state index in [1.54, 1.807) is 5.57 Å². The number of allylic oxidation sites excluding steroid dienone is 6. The van der Waals surface area contributed by atoms with Gasteiger partial charge in [-0.2, -0.15) is 0 Å². The molecule has 0 fully saturated rings. The van der Waals surface area contributed by atoms with E-state index in [9.17, 15) is 0 Å². The van der Waals surface area contributed by atoms with Gasteiger partial charge in [0, 0.05) is 0 Å². The number of hydrogen-bond acceptors (Lipinski definition) is 0. The summed E-state index contributed by atoms with van der Waals surface area (Å²) in [5.74, 6) is 0. The van der Waals surface area contributed by atoms with E-state index in [0.29, 0.717) is 0 Å². The Morgan fingerprint density at radius 3 is 2.67 bits per heavy atom. The Kier molecular flexibility index (Phi) is 2.06. The Morgan fingerprint density at radius 1 is 0.933 bits per heavy atom. The molecule has 0 heterocycles. The van der Waals surface area contributed by atoms with Gasteiger partial charge in [0.1, 0.15) is 0 Å². The van der Waals surface area contributed by atoms with Crippen molar-refractivity contribution in [3.63, 3.8) is 0 Å². The van der Waals surface area contributed by atoms with Gasteiger partial charge >= 0.3 is 0 Å². The predicted octanol–water partition coefficient (Wildman–Crippen LogP) is 4.12. The molecule has 0 radical (unpaired) electrons. The highest BCUT2D eigenvalue weighted by atomic mass is 14.2. The largest absolute Gasteiger partial charge is 0.0795 e. The molecule has 0 N–H and O–H groups in total. The first kappa shape index (κ1) is 8.72. The molecule has 2 aliphatic rings. The van der Waals surface area contributed by atoms with Crippen LogP contribution in [0, 0.1) is 0 Å². The third kappa shape index (κ3) is 1.46. The van der Waals surface area contributed by atoms with Crippen molar-refractivity contribution in [2.45, 2.75) is 19.3 Å². The zero-order valence-corrected chi connectivity index (χ0v) is 8.74. The molecule has 15 heavy (non-hydrogen) atoms. The maximum Gasteiger partial charge on any atom is -0.00852 e. The Bertz CT molecular complexity index is 458. The highest BCUT2D eigenvalue weighted by Gasteiger charge is 2.17. The van der Waals surface area contributed by atoms with Crippen LogP contribution in [0.3, 0.4) is 0 Å². The van der Waals surface area contributed by atoms with Crippen LogP contribution in [0.1, 0.15) is 24.8 Å². The van der Waals surface area contributed by atoms with Gasteiger partial charge < -0.3 is 0 Å². The van der Waals surface area contributed by atoms with Crippen LogP contribution < -0.4 is 0 Å². The first-order valence-corrected chi connectivity index (χ1v) is 5.59. The molecule has 1 aromatic carbocycles. The standard InChI is InChI=1S/C15H14/c1-2-6-12(7-3-1)14-10-4-8-13-9-5-11-15(13)14/h1-4,6-9H,5,10-11H2. The van der Waals surface area contributed by atoms with Gasteiger partial charge in [-0.1, -0.05) is 48.6 Å². The SMILES string of the molecule is C1=CC2=CCCC2=C(c2ccccc2)C1. The van der Waals surface area contributed by atoms with Crippen molar-refractivity contribution in [3.8, 4) is 0 Å². The van der Waals surface area contributed by atoms with E-state index in [1.165, 1.54) is 29.6 Å². The molecular weight excluding hydrogens is 180 g/mol. The van der Waals surface area contributed by atoms with Crippen LogP contribution in [0.5, 0.6) is 0 Å². The zero-order chi connectivity index (χ0) is 10.1. The van der Waals surface area contributed by atoms with Crippen LogP contribution in [-0.2, 0) is 0 Å². The van der Waals surface area contributed by atoms with Crippen LogP contribution in [0.4, 0.5) is 0 Å². The zero-order valence-electron chi connectivity index (χ0n) is 8.74. The molecule has 0 atom stereocenters. The van der Waals surface area contributed by atoms with Crippen LogP contribution in [0.25, 0.3) is 5.57 Å². The van der Waals surface area contributed by atoms with Gasteiger partial charge in [-0.05, 0) is 41.5 Å². The van der Waals surface area contributed by atoms with Crippen LogP contribution in [0.15, 0.2) is 59.7 Å². The minimum absolute atomic E-state index is 1.09. The first-order chi connectivity index (χ1) is 7.45. The molecule has 2 aliphatic carbocycles. The molecule has 0 aliphatic heterocycles. The van der Waals surface area contributed by atoms with Crippen molar-refractivity contribution < 1.29 is 0 Å². The quantitative estimate of drug-likeness (QED) is 0.630. The van der Waals surface area contributed by atoms with Crippen LogP contribution in [0.2, 0.25) is 0 Å². The summed E-state index contributed by atoms with van der Waals surface area (Å²) in [6.45, 7) is 0. The lowest BCUT2D eigenvalue weighted by Gasteiger charge is -2.15. The minimum Gasteiger partial charge on any atom is -0.0795 e. The monoisotopic (exact) mass is 194 g/mol. The fraction of sp³-hybridized carbons (Fsp3) is 0.200. The van der Waals surface area contributed by atoms with Crippen molar-refractivity contribution in [2.24, 2.45) is 0 Å². The average molecular weight is 194 g/mol. The highest BCUT2D eigenvalue weighted by molar-refractivity contribution is 5.77. The van der Waals surface area contributed by atoms with Gasteiger partial charge in [-0.15, -0.1) is 0 Å². The minimum atomic E-state index is 1.09. The number of fused-ring (bicyclic) bond motifs is 1. The third-order valence-electron chi connectivity index (χ3n) is 3.21. The lowest BCUT2D eigenvalue weighted by atomic mass is 9.89. The highest BCUT2D eigenvalue weighted by Crippen LogP contribution is 2.38. The summed E-state index contributed by atoms with van der Waals surface area (Å²) in [6, 6.07) is 10.8. The predicted molar refractivity (Wildman–Crippen MR) is 64.4 cm³/mol. The van der Waals surface area contributed by atoms with E-state index in [0.717, 1.165) is 6.42 Å². The Morgan fingerprint density at radius 2 is 1.80 bits per heavy atom. The number of rotatable bonds is 1. The van der Waals surface area contributed by atoms with Gasteiger partial charge in [0.2, 0.25) is 0 Å². The lowest BCUT2D eigenvalue weighted by Crippen LogP contribution is -1.94. The van der Waals surface area contributed by atoms with Crippen molar-refractivity contribution in [3.05, 3.63) is 65.3 Å². The molecule has 3 rings (SSSR count). The molecule has 1 aromatic rings. The summed E-state index contributed by atoms with van der Waals surface area (Å²) in [4.78, 5) is 0. The van der Waals surface area contributed by atoms with E-state index in [4.69, 9.17) is 0 Å². The van der Waals surface area contributed by atoms with Gasteiger partial charge in [0.25, 0.3) is 0 Å². The van der Waals surface area contributed by atoms with E-state index in [-0.39, 0.29) is 0 Å². The van der Waals surface area contributed by atoms with Crippen molar-refractivity contribution in [2.75, 3.05) is 0 Å². The normalized spacial score (nSPS) is 19.1. The first-order valence-electron chi connectivity index (χ1n) is 5.59. The second-order valence-electron chi connectivity index (χ2n) is 4.13. The van der Waals surface area contributed by atoms with Gasteiger partial charge in [0.05, 0.1) is 0 Å². The summed E-state index contributed by atoms with van der Waals surface area (Å²) in [5.41, 5.74) is 5.95. The molecular formula is C15H14. The number of hydrogen-bond donors (Lipinski definition) is 0. The topological polar surface area (TPSA) is 0 Å². The Hall–Kier alpha value is -1.56. The van der Waals surface area contributed by atoms with E-state index in [1.807, 2.05) is 0 Å². The molecule has 0 amide bonds. The molecule has 0 saturated carbocycles. The summed E-state index contributed by atoms with van der Waals surface area (Å²) < 4.78 is 0. The van der Waals surface area contributed by atoms with Crippen molar-refractivity contribution in [1.29, 1.82) is 0 Å². The van der Waals surface area contributed by atoms with Crippen molar-refractivity contribution in [1.82, 2.24) is 0 Å². The van der Waals surface area contributed by atoms with Gasteiger partial charge in [0.15, 0.2) is 0 Å². The molecule has 74 valence electrons. The maximum atomic E-state index is 2.36.